The summed E-state index contributed by atoms with van der Waals surface area (Å²) in [6.45, 7) is 4.91. The van der Waals surface area contributed by atoms with Gasteiger partial charge in [-0.1, -0.05) is 0 Å². The molecule has 146 valence electrons. The number of anilines is 1. The summed E-state index contributed by atoms with van der Waals surface area (Å²) in [7, 11) is 0. The van der Waals surface area contributed by atoms with Crippen LogP contribution in [-0.2, 0) is 6.54 Å². The zero-order valence-corrected chi connectivity index (χ0v) is 17.6. The molecule has 28 heavy (non-hydrogen) atoms. The van der Waals surface area contributed by atoms with Gasteiger partial charge in [0.25, 0.3) is 5.89 Å². The van der Waals surface area contributed by atoms with E-state index in [1.54, 1.807) is 23.5 Å². The van der Waals surface area contributed by atoms with Crippen molar-refractivity contribution in [1.29, 1.82) is 0 Å². The number of hydrogen-bond donors (Lipinski definition) is 0. The Morgan fingerprint density at radius 3 is 2.64 bits per heavy atom. The molecule has 0 aliphatic carbocycles. The van der Waals surface area contributed by atoms with Crippen LogP contribution in [0.5, 0.6) is 0 Å². The maximum absolute atomic E-state index is 14.4. The SMILES string of the molecule is CC(=O)c1ccc(N2CCN(Cc3nnc(-c4ccc(Br)s4)o3)CC2)c(F)c1. The van der Waals surface area contributed by atoms with E-state index in [2.05, 4.69) is 31.0 Å². The Morgan fingerprint density at radius 2 is 2.00 bits per heavy atom. The monoisotopic (exact) mass is 464 g/mol. The summed E-state index contributed by atoms with van der Waals surface area (Å²) in [4.78, 5) is 16.5. The number of hydrogen-bond acceptors (Lipinski definition) is 7. The molecule has 4 rings (SSSR count). The second-order valence-electron chi connectivity index (χ2n) is 6.59. The molecule has 0 radical (unpaired) electrons. The van der Waals surface area contributed by atoms with E-state index in [-0.39, 0.29) is 11.6 Å². The van der Waals surface area contributed by atoms with Crippen molar-refractivity contribution in [3.05, 3.63) is 51.4 Å². The van der Waals surface area contributed by atoms with E-state index in [4.69, 9.17) is 4.42 Å². The fourth-order valence-corrected chi connectivity index (χ4v) is 4.47. The first kappa shape index (κ1) is 19.2. The molecule has 1 fully saturated rings. The lowest BCUT2D eigenvalue weighted by atomic mass is 10.1. The molecule has 1 saturated heterocycles. The number of thiophene rings is 1. The number of piperazine rings is 1. The summed E-state index contributed by atoms with van der Waals surface area (Å²) in [6.07, 6.45) is 0. The molecule has 0 saturated carbocycles. The van der Waals surface area contributed by atoms with E-state index >= 15 is 0 Å². The molecule has 0 spiro atoms. The van der Waals surface area contributed by atoms with Gasteiger partial charge in [0.1, 0.15) is 5.82 Å². The van der Waals surface area contributed by atoms with Gasteiger partial charge in [-0.15, -0.1) is 21.5 Å². The zero-order chi connectivity index (χ0) is 19.7. The minimum absolute atomic E-state index is 0.135. The highest BCUT2D eigenvalue weighted by atomic mass is 79.9. The lowest BCUT2D eigenvalue weighted by Gasteiger charge is -2.35. The summed E-state index contributed by atoms with van der Waals surface area (Å²) < 4.78 is 21.1. The predicted molar refractivity (Wildman–Crippen MR) is 109 cm³/mol. The molecule has 1 aliphatic heterocycles. The van der Waals surface area contributed by atoms with E-state index in [0.29, 0.717) is 42.7 Å². The van der Waals surface area contributed by atoms with Crippen LogP contribution in [0.15, 0.2) is 38.5 Å². The third kappa shape index (κ3) is 4.16. The second-order valence-corrected chi connectivity index (χ2v) is 9.05. The van der Waals surface area contributed by atoms with Gasteiger partial charge < -0.3 is 9.32 Å². The highest BCUT2D eigenvalue weighted by Gasteiger charge is 2.22. The molecule has 2 aromatic heterocycles. The van der Waals surface area contributed by atoms with Crippen molar-refractivity contribution in [2.75, 3.05) is 31.1 Å². The Bertz CT molecular complexity index is 997. The fraction of sp³-hybridized carbons (Fsp3) is 0.316. The Labute approximate surface area is 174 Å². The van der Waals surface area contributed by atoms with E-state index in [9.17, 15) is 9.18 Å². The summed E-state index contributed by atoms with van der Waals surface area (Å²) in [5.41, 5.74) is 0.929. The first-order chi connectivity index (χ1) is 13.5. The van der Waals surface area contributed by atoms with Gasteiger partial charge in [-0.3, -0.25) is 9.69 Å². The van der Waals surface area contributed by atoms with Crippen LogP contribution in [0.3, 0.4) is 0 Å². The number of carbonyl (C=O) groups excluding carboxylic acids is 1. The number of benzene rings is 1. The Kier molecular flexibility index (Phi) is 5.56. The fourth-order valence-electron chi connectivity index (χ4n) is 3.17. The lowest BCUT2D eigenvalue weighted by Crippen LogP contribution is -2.46. The third-order valence-electron chi connectivity index (χ3n) is 4.68. The van der Waals surface area contributed by atoms with E-state index in [1.165, 1.54) is 13.0 Å². The number of carbonyl (C=O) groups is 1. The molecule has 0 N–H and O–H groups in total. The highest BCUT2D eigenvalue weighted by Crippen LogP contribution is 2.30. The van der Waals surface area contributed by atoms with Crippen LogP contribution in [-0.4, -0.2) is 47.1 Å². The third-order valence-corrected chi connectivity index (χ3v) is 6.29. The number of rotatable bonds is 5. The van der Waals surface area contributed by atoms with Crippen molar-refractivity contribution in [3.8, 4) is 10.8 Å². The van der Waals surface area contributed by atoms with Gasteiger partial charge >= 0.3 is 0 Å². The highest BCUT2D eigenvalue weighted by molar-refractivity contribution is 9.11. The molecule has 1 aromatic carbocycles. The van der Waals surface area contributed by atoms with E-state index in [0.717, 1.165) is 21.8 Å². The van der Waals surface area contributed by atoms with Crippen molar-refractivity contribution >= 4 is 38.7 Å². The molecule has 3 aromatic rings. The summed E-state index contributed by atoms with van der Waals surface area (Å²) >= 11 is 4.97. The van der Waals surface area contributed by atoms with Crippen molar-refractivity contribution in [3.63, 3.8) is 0 Å². The van der Waals surface area contributed by atoms with Crippen molar-refractivity contribution in [2.45, 2.75) is 13.5 Å². The van der Waals surface area contributed by atoms with Crippen LogP contribution < -0.4 is 4.90 Å². The average Bonchev–Trinajstić information content (AvgIpc) is 3.31. The quantitative estimate of drug-likeness (QED) is 0.526. The Hall–Kier alpha value is -2.10. The van der Waals surface area contributed by atoms with E-state index in [1.807, 2.05) is 17.0 Å². The summed E-state index contributed by atoms with van der Waals surface area (Å²) in [5, 5.41) is 8.26. The maximum atomic E-state index is 14.4. The average molecular weight is 465 g/mol. The molecule has 0 bridgehead atoms. The second kappa shape index (κ2) is 8.10. The van der Waals surface area contributed by atoms with Crippen LogP contribution in [0.1, 0.15) is 23.2 Å². The van der Waals surface area contributed by atoms with Crippen LogP contribution in [0.2, 0.25) is 0 Å². The van der Waals surface area contributed by atoms with Gasteiger partial charge in [-0.25, -0.2) is 4.39 Å². The normalized spacial score (nSPS) is 15.2. The molecule has 9 heteroatoms. The van der Waals surface area contributed by atoms with Crippen molar-refractivity contribution in [2.24, 2.45) is 0 Å². The summed E-state index contributed by atoms with van der Waals surface area (Å²) in [5.74, 6) is 0.607. The molecule has 0 amide bonds. The van der Waals surface area contributed by atoms with Gasteiger partial charge in [0.2, 0.25) is 5.89 Å². The minimum atomic E-state index is -0.357. The topological polar surface area (TPSA) is 62.5 Å². The molecular weight excluding hydrogens is 447 g/mol. The number of aromatic nitrogens is 2. The largest absolute Gasteiger partial charge is 0.419 e. The molecular formula is C19H18BrFN4O2S. The Balaban J connectivity index is 1.36. The van der Waals surface area contributed by atoms with Crippen LogP contribution >= 0.6 is 27.3 Å². The number of nitrogens with zero attached hydrogens (tertiary/aromatic N) is 4. The zero-order valence-electron chi connectivity index (χ0n) is 15.2. The van der Waals surface area contributed by atoms with Gasteiger partial charge in [0.15, 0.2) is 5.78 Å². The maximum Gasteiger partial charge on any atom is 0.257 e. The smallest absolute Gasteiger partial charge is 0.257 e. The van der Waals surface area contributed by atoms with Gasteiger partial charge in [-0.2, -0.15) is 0 Å². The number of halogens is 2. The minimum Gasteiger partial charge on any atom is -0.419 e. The number of ketones is 1. The number of Topliss-reactive ketones (excluding diaryl/α,β-unsaturated/α-hetero) is 1. The van der Waals surface area contributed by atoms with Crippen LogP contribution in [0.25, 0.3) is 10.8 Å². The van der Waals surface area contributed by atoms with E-state index < -0.39 is 0 Å². The van der Waals surface area contributed by atoms with Crippen molar-refractivity contribution < 1.29 is 13.6 Å². The molecule has 0 atom stereocenters. The first-order valence-electron chi connectivity index (χ1n) is 8.85. The lowest BCUT2D eigenvalue weighted by molar-refractivity contribution is 0.101. The van der Waals surface area contributed by atoms with Gasteiger partial charge in [0, 0.05) is 31.7 Å². The molecule has 3 heterocycles. The standard InChI is InChI=1S/C19H18BrFN4O2S/c1-12(26)13-2-3-15(14(21)10-13)25-8-6-24(7-9-25)11-18-22-23-19(27-18)16-4-5-17(20)28-16/h2-5,10H,6-9,11H2,1H3. The van der Waals surface area contributed by atoms with Gasteiger partial charge in [-0.05, 0) is 53.2 Å². The molecule has 0 unspecified atom stereocenters. The van der Waals surface area contributed by atoms with Crippen molar-refractivity contribution in [1.82, 2.24) is 15.1 Å². The molecule has 6 nitrogen and oxygen atoms in total. The van der Waals surface area contributed by atoms with Gasteiger partial charge in [0.05, 0.1) is 20.9 Å². The predicted octanol–water partition coefficient (Wildman–Crippen LogP) is 4.22. The summed E-state index contributed by atoms with van der Waals surface area (Å²) in [6, 6.07) is 8.57. The van der Waals surface area contributed by atoms with Crippen LogP contribution in [0.4, 0.5) is 10.1 Å². The molecule has 1 aliphatic rings. The van der Waals surface area contributed by atoms with Crippen LogP contribution in [0, 0.1) is 5.82 Å². The Morgan fingerprint density at radius 1 is 1.21 bits per heavy atom. The first-order valence-corrected chi connectivity index (χ1v) is 10.5.